The van der Waals surface area contributed by atoms with Crippen LogP contribution in [-0.2, 0) is 27.3 Å². The van der Waals surface area contributed by atoms with Gasteiger partial charge in [-0.15, -0.1) is 0 Å². The van der Waals surface area contributed by atoms with Gasteiger partial charge in [0.05, 0.1) is 29.8 Å². The fourth-order valence-corrected chi connectivity index (χ4v) is 5.82. The second kappa shape index (κ2) is 11.2. The molecule has 1 N–H and O–H groups in total. The summed E-state index contributed by atoms with van der Waals surface area (Å²) in [5.74, 6) is -0.0892. The molecule has 1 aliphatic carbocycles. The minimum absolute atomic E-state index is 0.0752. The monoisotopic (exact) mass is 603 g/mol. The summed E-state index contributed by atoms with van der Waals surface area (Å²) in [5, 5.41) is 6.81. The van der Waals surface area contributed by atoms with Crippen molar-refractivity contribution in [3.8, 4) is 17.1 Å². The molecule has 1 aliphatic rings. The molecule has 1 saturated carbocycles. The van der Waals surface area contributed by atoms with Gasteiger partial charge in [0.2, 0.25) is 17.6 Å². The van der Waals surface area contributed by atoms with Gasteiger partial charge in [-0.05, 0) is 55.2 Å². The summed E-state index contributed by atoms with van der Waals surface area (Å²) in [6.45, 7) is 1.61. The number of rotatable bonds is 9. The van der Waals surface area contributed by atoms with Crippen molar-refractivity contribution in [3.63, 3.8) is 0 Å². The minimum atomic E-state index is -2.58. The number of carbonyl (C=O) groups is 1. The molecule has 12 heteroatoms. The number of benzene rings is 3. The largest absolute Gasteiger partial charge is 0.497 e. The van der Waals surface area contributed by atoms with Gasteiger partial charge in [0.15, 0.2) is 0 Å². The number of nitrogens with zero attached hydrogens (tertiary/aromatic N) is 2. The van der Waals surface area contributed by atoms with E-state index in [-0.39, 0.29) is 29.6 Å². The van der Waals surface area contributed by atoms with Crippen LogP contribution in [0.15, 0.2) is 59.1 Å². The molecule has 0 aliphatic heterocycles. The Hall–Kier alpha value is -3.47. The maximum absolute atomic E-state index is 14.6. The predicted molar refractivity (Wildman–Crippen MR) is 150 cm³/mol. The summed E-state index contributed by atoms with van der Waals surface area (Å²) in [5.41, 5.74) is 1.86. The summed E-state index contributed by atoms with van der Waals surface area (Å²) < 4.78 is 47.6. The molecule has 0 bridgehead atoms. The number of aromatic nitrogens is 2. The van der Waals surface area contributed by atoms with E-state index in [1.54, 1.807) is 49.4 Å². The first-order chi connectivity index (χ1) is 19.1. The molecule has 1 fully saturated rings. The van der Waals surface area contributed by atoms with Gasteiger partial charge in [0.1, 0.15) is 22.3 Å². The molecule has 5 rings (SSSR count). The van der Waals surface area contributed by atoms with Crippen molar-refractivity contribution >= 4 is 45.5 Å². The third-order valence-electron chi connectivity index (χ3n) is 6.95. The lowest BCUT2D eigenvalue weighted by atomic mass is 9.95. The van der Waals surface area contributed by atoms with Crippen LogP contribution in [0.2, 0.25) is 10.0 Å². The lowest BCUT2D eigenvalue weighted by Gasteiger charge is -2.17. The van der Waals surface area contributed by atoms with Crippen LogP contribution in [0, 0.1) is 5.82 Å². The van der Waals surface area contributed by atoms with Gasteiger partial charge < -0.3 is 14.6 Å². The molecule has 1 aromatic heterocycles. The number of carbonyl (C=O) groups excluding carboxylic acids is 1. The van der Waals surface area contributed by atoms with Crippen LogP contribution in [0.1, 0.15) is 47.6 Å². The molecule has 4 aromatic rings. The number of halogens is 3. The molecular weight excluding hydrogens is 580 g/mol. The van der Waals surface area contributed by atoms with Crippen molar-refractivity contribution in [2.75, 3.05) is 12.4 Å². The zero-order chi connectivity index (χ0) is 28.6. The molecule has 0 saturated heterocycles. The maximum atomic E-state index is 14.6. The number of hydrogen-bond acceptors (Lipinski definition) is 7. The van der Waals surface area contributed by atoms with Gasteiger partial charge in [0, 0.05) is 27.4 Å². The van der Waals surface area contributed by atoms with E-state index >= 15 is 0 Å². The molecule has 1 unspecified atom stereocenters. The van der Waals surface area contributed by atoms with Crippen molar-refractivity contribution in [2.45, 2.75) is 36.9 Å². The highest BCUT2D eigenvalue weighted by molar-refractivity contribution is 7.72. The topological polar surface area (TPSA) is 111 Å². The lowest BCUT2D eigenvalue weighted by Crippen LogP contribution is -2.16. The van der Waals surface area contributed by atoms with Crippen LogP contribution in [0.25, 0.3) is 11.4 Å². The van der Waals surface area contributed by atoms with Gasteiger partial charge in [-0.1, -0.05) is 52.6 Å². The van der Waals surface area contributed by atoms with Crippen LogP contribution in [-0.4, -0.2) is 31.6 Å². The second-order valence-corrected chi connectivity index (χ2v) is 11.8. The number of nitrogens with one attached hydrogen (secondary N) is 1. The van der Waals surface area contributed by atoms with E-state index < -0.39 is 27.2 Å². The average Bonchev–Trinajstić information content (AvgIpc) is 3.55. The van der Waals surface area contributed by atoms with E-state index in [0.717, 1.165) is 5.56 Å². The summed E-state index contributed by atoms with van der Waals surface area (Å²) >= 11 is 13.3. The Morgan fingerprint density at radius 3 is 2.38 bits per heavy atom. The number of anilines is 1. The molecule has 1 atom stereocenters. The van der Waals surface area contributed by atoms with Crippen molar-refractivity contribution in [3.05, 3.63) is 93.0 Å². The third-order valence-corrected chi connectivity index (χ3v) is 8.48. The maximum Gasteiger partial charge on any atom is 0.237 e. The van der Waals surface area contributed by atoms with Gasteiger partial charge in [-0.2, -0.15) is 4.98 Å². The molecule has 3 aromatic carbocycles. The lowest BCUT2D eigenvalue weighted by molar-refractivity contribution is -0.115. The van der Waals surface area contributed by atoms with E-state index in [1.165, 1.54) is 19.2 Å². The van der Waals surface area contributed by atoms with Crippen molar-refractivity contribution in [1.82, 2.24) is 10.1 Å². The van der Waals surface area contributed by atoms with Crippen LogP contribution in [0.4, 0.5) is 10.1 Å². The predicted octanol–water partition coefficient (Wildman–Crippen LogP) is 6.12. The molecule has 1 amide bonds. The molecule has 1 heterocycles. The Morgan fingerprint density at radius 1 is 1.12 bits per heavy atom. The molecular formula is C28H24Cl2FN3O5S. The number of ether oxygens (including phenoxy) is 1. The van der Waals surface area contributed by atoms with E-state index in [0.29, 0.717) is 45.5 Å². The van der Waals surface area contributed by atoms with E-state index in [1.807, 2.05) is 0 Å². The van der Waals surface area contributed by atoms with E-state index in [9.17, 15) is 17.6 Å². The number of amides is 1. The highest BCUT2D eigenvalue weighted by Crippen LogP contribution is 2.57. The van der Waals surface area contributed by atoms with Crippen LogP contribution >= 0.6 is 23.2 Å². The van der Waals surface area contributed by atoms with E-state index in [4.69, 9.17) is 32.5 Å². The number of methoxy groups -OCH3 is 1. The van der Waals surface area contributed by atoms with Crippen molar-refractivity contribution in [2.24, 2.45) is 0 Å². The summed E-state index contributed by atoms with van der Waals surface area (Å²) in [7, 11) is -1.13. The fraction of sp³-hybridized carbons (Fsp3) is 0.250. The first kappa shape index (κ1) is 28.1. The normalized spacial score (nSPS) is 14.7. The smallest absolute Gasteiger partial charge is 0.237 e. The summed E-state index contributed by atoms with van der Waals surface area (Å²) in [4.78, 5) is 17.1. The Bertz CT molecular complexity index is 1640. The molecule has 40 heavy (non-hydrogen) atoms. The first-order valence-corrected chi connectivity index (χ1v) is 14.3. The van der Waals surface area contributed by atoms with E-state index in [2.05, 4.69) is 15.5 Å². The fourth-order valence-electron chi connectivity index (χ4n) is 4.56. The van der Waals surface area contributed by atoms with Gasteiger partial charge in [-0.3, -0.25) is 4.79 Å². The Balaban J connectivity index is 1.32. The zero-order valence-corrected chi connectivity index (χ0v) is 23.8. The number of hydrogen-bond donors (Lipinski definition) is 2. The van der Waals surface area contributed by atoms with Crippen LogP contribution in [0.5, 0.6) is 5.75 Å². The highest BCUT2D eigenvalue weighted by Gasteiger charge is 2.53. The molecule has 208 valence electrons. The van der Waals surface area contributed by atoms with Crippen molar-refractivity contribution < 1.29 is 26.9 Å². The minimum Gasteiger partial charge on any atom is -0.497 e. The standard InChI is InChI=1S/C28H24Cl2FN3O5S/c1-15(40(36)37)17-5-3-16(4-6-17)11-24(35)32-18-12-21(29)25(22(30)13-18)28(9-10-28)27-33-26(34-39-27)20-8-7-19(38-2)14-23(20)31/h3-8,12-15,40H,9-11H2,1-2H3,(H,32,35). The van der Waals surface area contributed by atoms with Crippen LogP contribution in [0.3, 0.4) is 0 Å². The quantitative estimate of drug-likeness (QED) is 0.221. The summed E-state index contributed by atoms with van der Waals surface area (Å²) in [6, 6.07) is 14.4. The Kier molecular flexibility index (Phi) is 7.85. The average molecular weight is 604 g/mol. The van der Waals surface area contributed by atoms with Crippen LogP contribution < -0.4 is 10.1 Å². The Morgan fingerprint density at radius 2 is 1.80 bits per heavy atom. The molecule has 8 nitrogen and oxygen atoms in total. The Labute approximate surface area is 241 Å². The van der Waals surface area contributed by atoms with Gasteiger partial charge >= 0.3 is 0 Å². The highest BCUT2D eigenvalue weighted by atomic mass is 35.5. The first-order valence-electron chi connectivity index (χ1n) is 12.3. The summed E-state index contributed by atoms with van der Waals surface area (Å²) in [6.07, 6.45) is 1.38. The number of thiol groups is 1. The van der Waals surface area contributed by atoms with Gasteiger partial charge in [-0.25, -0.2) is 12.8 Å². The third kappa shape index (κ3) is 5.56. The molecule has 0 spiro atoms. The van der Waals surface area contributed by atoms with Gasteiger partial charge in [0.25, 0.3) is 0 Å². The second-order valence-electron chi connectivity index (χ2n) is 9.59. The van der Waals surface area contributed by atoms with Crippen molar-refractivity contribution in [1.29, 1.82) is 0 Å². The SMILES string of the molecule is COc1ccc(-c2noc(C3(c4c(Cl)cc(NC(=O)Cc5ccc(C(C)[SH](=O)=O)cc5)cc4Cl)CC3)n2)c(F)c1. The molecule has 0 radical (unpaired) electrons. The zero-order valence-electron chi connectivity index (χ0n) is 21.4.